The monoisotopic (exact) mass is 307 g/mol. The molecular weight excluding hydrogens is 289 g/mol. The molecule has 2 rings (SSSR count). The normalized spacial score (nSPS) is 12.3. The SMILES string of the molecule is CCCNC(Cc1ccccc1)c1cccc(Cl)c1Cl. The second kappa shape index (κ2) is 7.68. The molecule has 2 aromatic rings. The third kappa shape index (κ3) is 3.99. The molecule has 0 fully saturated rings. The van der Waals surface area contributed by atoms with E-state index in [1.807, 2.05) is 24.3 Å². The lowest BCUT2D eigenvalue weighted by atomic mass is 9.98. The third-order valence-corrected chi connectivity index (χ3v) is 4.11. The molecule has 0 amide bonds. The minimum atomic E-state index is 0.184. The van der Waals surface area contributed by atoms with Crippen molar-refractivity contribution in [1.82, 2.24) is 5.32 Å². The van der Waals surface area contributed by atoms with Gasteiger partial charge >= 0.3 is 0 Å². The molecule has 0 aliphatic heterocycles. The van der Waals surface area contributed by atoms with Crippen molar-refractivity contribution < 1.29 is 0 Å². The van der Waals surface area contributed by atoms with E-state index < -0.39 is 0 Å². The van der Waals surface area contributed by atoms with Crippen molar-refractivity contribution in [1.29, 1.82) is 0 Å². The van der Waals surface area contributed by atoms with Gasteiger partial charge in [-0.15, -0.1) is 0 Å². The summed E-state index contributed by atoms with van der Waals surface area (Å²) >= 11 is 12.5. The average molecular weight is 308 g/mol. The summed E-state index contributed by atoms with van der Waals surface area (Å²) in [4.78, 5) is 0. The largest absolute Gasteiger partial charge is 0.310 e. The standard InChI is InChI=1S/C17H19Cl2N/c1-2-11-20-16(12-13-7-4-3-5-8-13)14-9-6-10-15(18)17(14)19/h3-10,16,20H,2,11-12H2,1H3. The average Bonchev–Trinajstić information content (AvgIpc) is 2.48. The Morgan fingerprint density at radius 1 is 1.00 bits per heavy atom. The van der Waals surface area contributed by atoms with E-state index in [0.717, 1.165) is 24.9 Å². The van der Waals surface area contributed by atoms with Crippen LogP contribution in [-0.4, -0.2) is 6.54 Å². The van der Waals surface area contributed by atoms with Gasteiger partial charge < -0.3 is 5.32 Å². The molecule has 1 atom stereocenters. The zero-order chi connectivity index (χ0) is 14.4. The summed E-state index contributed by atoms with van der Waals surface area (Å²) in [7, 11) is 0. The van der Waals surface area contributed by atoms with Gasteiger partial charge in [-0.05, 0) is 36.6 Å². The Morgan fingerprint density at radius 2 is 1.75 bits per heavy atom. The maximum absolute atomic E-state index is 6.36. The second-order valence-electron chi connectivity index (χ2n) is 4.84. The van der Waals surface area contributed by atoms with Crippen molar-refractivity contribution >= 4 is 23.2 Å². The van der Waals surface area contributed by atoms with Crippen molar-refractivity contribution in [3.05, 3.63) is 69.7 Å². The highest BCUT2D eigenvalue weighted by atomic mass is 35.5. The zero-order valence-corrected chi connectivity index (χ0v) is 13.1. The first-order valence-corrected chi connectivity index (χ1v) is 7.69. The maximum Gasteiger partial charge on any atom is 0.0640 e. The molecular formula is C17H19Cl2N. The summed E-state index contributed by atoms with van der Waals surface area (Å²) in [5, 5.41) is 4.82. The maximum atomic E-state index is 6.36. The van der Waals surface area contributed by atoms with Crippen LogP contribution in [0.1, 0.15) is 30.5 Å². The van der Waals surface area contributed by atoms with E-state index in [1.54, 1.807) is 0 Å². The van der Waals surface area contributed by atoms with E-state index in [2.05, 4.69) is 36.5 Å². The highest BCUT2D eigenvalue weighted by Crippen LogP contribution is 2.31. The first-order valence-electron chi connectivity index (χ1n) is 6.93. The topological polar surface area (TPSA) is 12.0 Å². The van der Waals surface area contributed by atoms with E-state index in [1.165, 1.54) is 5.56 Å². The summed E-state index contributed by atoms with van der Waals surface area (Å²) in [6, 6.07) is 16.4. The minimum absolute atomic E-state index is 0.184. The van der Waals surface area contributed by atoms with Crippen molar-refractivity contribution in [3.8, 4) is 0 Å². The summed E-state index contributed by atoms with van der Waals surface area (Å²) in [6.07, 6.45) is 1.99. The third-order valence-electron chi connectivity index (χ3n) is 3.28. The van der Waals surface area contributed by atoms with Crippen LogP contribution in [0.2, 0.25) is 10.0 Å². The van der Waals surface area contributed by atoms with Crippen molar-refractivity contribution in [3.63, 3.8) is 0 Å². The molecule has 1 nitrogen and oxygen atoms in total. The fraction of sp³-hybridized carbons (Fsp3) is 0.294. The van der Waals surface area contributed by atoms with Crippen LogP contribution < -0.4 is 5.32 Å². The number of hydrogen-bond acceptors (Lipinski definition) is 1. The first kappa shape index (κ1) is 15.4. The molecule has 0 aliphatic rings. The van der Waals surface area contributed by atoms with Gasteiger partial charge in [0.15, 0.2) is 0 Å². The van der Waals surface area contributed by atoms with Crippen LogP contribution in [0.15, 0.2) is 48.5 Å². The molecule has 0 aliphatic carbocycles. The lowest BCUT2D eigenvalue weighted by Crippen LogP contribution is -2.24. The molecule has 0 saturated heterocycles. The number of rotatable bonds is 6. The van der Waals surface area contributed by atoms with Crippen LogP contribution in [0.4, 0.5) is 0 Å². The fourth-order valence-corrected chi connectivity index (χ4v) is 2.69. The Morgan fingerprint density at radius 3 is 2.45 bits per heavy atom. The summed E-state index contributed by atoms with van der Waals surface area (Å²) < 4.78 is 0. The summed E-state index contributed by atoms with van der Waals surface area (Å²) in [6.45, 7) is 3.12. The van der Waals surface area contributed by atoms with Gasteiger partial charge in [-0.1, -0.05) is 72.6 Å². The highest BCUT2D eigenvalue weighted by molar-refractivity contribution is 6.42. The zero-order valence-electron chi connectivity index (χ0n) is 11.6. The number of nitrogens with one attached hydrogen (secondary N) is 1. The van der Waals surface area contributed by atoms with Crippen LogP contribution in [-0.2, 0) is 6.42 Å². The van der Waals surface area contributed by atoms with Crippen LogP contribution in [0.5, 0.6) is 0 Å². The van der Waals surface area contributed by atoms with Gasteiger partial charge in [0.25, 0.3) is 0 Å². The number of halogens is 2. The smallest absolute Gasteiger partial charge is 0.0640 e. The molecule has 0 spiro atoms. The quantitative estimate of drug-likeness (QED) is 0.766. The van der Waals surface area contributed by atoms with Gasteiger partial charge in [-0.25, -0.2) is 0 Å². The molecule has 0 bridgehead atoms. The van der Waals surface area contributed by atoms with Gasteiger partial charge in [0.2, 0.25) is 0 Å². The Labute approximate surface area is 130 Å². The van der Waals surface area contributed by atoms with E-state index in [9.17, 15) is 0 Å². The predicted molar refractivity (Wildman–Crippen MR) is 87.6 cm³/mol. The lowest BCUT2D eigenvalue weighted by molar-refractivity contribution is 0.529. The van der Waals surface area contributed by atoms with Gasteiger partial charge in [-0.3, -0.25) is 0 Å². The minimum Gasteiger partial charge on any atom is -0.310 e. The molecule has 0 heterocycles. The number of hydrogen-bond donors (Lipinski definition) is 1. The van der Waals surface area contributed by atoms with E-state index in [0.29, 0.717) is 10.0 Å². The van der Waals surface area contributed by atoms with E-state index >= 15 is 0 Å². The van der Waals surface area contributed by atoms with E-state index in [4.69, 9.17) is 23.2 Å². The van der Waals surface area contributed by atoms with Gasteiger partial charge in [0.1, 0.15) is 0 Å². The molecule has 2 aromatic carbocycles. The van der Waals surface area contributed by atoms with Crippen LogP contribution >= 0.6 is 23.2 Å². The Kier molecular flexibility index (Phi) is 5.90. The molecule has 1 N–H and O–H groups in total. The lowest BCUT2D eigenvalue weighted by Gasteiger charge is -2.21. The van der Waals surface area contributed by atoms with Crippen LogP contribution in [0.3, 0.4) is 0 Å². The Bertz CT molecular complexity index is 540. The Balaban J connectivity index is 2.25. The highest BCUT2D eigenvalue weighted by Gasteiger charge is 2.16. The van der Waals surface area contributed by atoms with Crippen LogP contribution in [0.25, 0.3) is 0 Å². The molecule has 1 unspecified atom stereocenters. The van der Waals surface area contributed by atoms with Crippen molar-refractivity contribution in [2.45, 2.75) is 25.8 Å². The molecule has 0 radical (unpaired) electrons. The molecule has 3 heteroatoms. The van der Waals surface area contributed by atoms with Crippen molar-refractivity contribution in [2.75, 3.05) is 6.54 Å². The molecule has 0 saturated carbocycles. The fourth-order valence-electron chi connectivity index (χ4n) is 2.25. The second-order valence-corrected chi connectivity index (χ2v) is 5.62. The van der Waals surface area contributed by atoms with Gasteiger partial charge in [0.05, 0.1) is 10.0 Å². The van der Waals surface area contributed by atoms with E-state index in [-0.39, 0.29) is 6.04 Å². The Hall–Kier alpha value is -1.02. The first-order chi connectivity index (χ1) is 9.72. The van der Waals surface area contributed by atoms with Gasteiger partial charge in [-0.2, -0.15) is 0 Å². The summed E-state index contributed by atoms with van der Waals surface area (Å²) in [5.74, 6) is 0. The molecule has 0 aromatic heterocycles. The summed E-state index contributed by atoms with van der Waals surface area (Å²) in [5.41, 5.74) is 2.36. The number of benzene rings is 2. The van der Waals surface area contributed by atoms with Crippen LogP contribution in [0, 0.1) is 0 Å². The molecule has 20 heavy (non-hydrogen) atoms. The van der Waals surface area contributed by atoms with Crippen molar-refractivity contribution in [2.24, 2.45) is 0 Å². The molecule has 106 valence electrons. The van der Waals surface area contributed by atoms with Gasteiger partial charge in [0, 0.05) is 6.04 Å². The predicted octanol–water partition coefficient (Wildman–Crippen LogP) is 5.28.